The summed E-state index contributed by atoms with van der Waals surface area (Å²) in [5.41, 5.74) is -2.46. The van der Waals surface area contributed by atoms with E-state index in [0.29, 0.717) is 37.1 Å². The number of allylic oxidation sites excluding steroid dienone is 2. The molecule has 2 aromatic rings. The Morgan fingerprint density at radius 1 is 1.11 bits per heavy atom. The number of halogens is 2. The van der Waals surface area contributed by atoms with Gasteiger partial charge in [-0.15, -0.1) is 4.67 Å². The molecule has 1 saturated heterocycles. The number of likely N-dealkylation sites (tertiary alicyclic amines) is 1. The Bertz CT molecular complexity index is 1510. The lowest BCUT2D eigenvalue weighted by Gasteiger charge is -2.35. The zero-order valence-corrected chi connectivity index (χ0v) is 28.0. The van der Waals surface area contributed by atoms with E-state index in [0.717, 1.165) is 29.8 Å². The second-order valence-corrected chi connectivity index (χ2v) is 15.3. The average Bonchev–Trinajstić information content (AvgIpc) is 3.67. The Balaban J connectivity index is 1.49. The first-order valence-electron chi connectivity index (χ1n) is 14.8. The maximum atomic E-state index is 14.8. The number of hydrogen-bond acceptors (Lipinski definition) is 7. The van der Waals surface area contributed by atoms with E-state index in [9.17, 15) is 27.7 Å². The van der Waals surface area contributed by atoms with E-state index in [2.05, 4.69) is 8.99 Å². The number of rotatable bonds is 11. The summed E-state index contributed by atoms with van der Waals surface area (Å²) in [5.74, 6) is -1.34. The molecular formula is C32H40F2N2O7P2. The third-order valence-corrected chi connectivity index (χ3v) is 11.3. The fourth-order valence-electron chi connectivity index (χ4n) is 5.92. The van der Waals surface area contributed by atoms with Crippen LogP contribution in [0.2, 0.25) is 0 Å². The molecule has 1 fully saturated rings. The number of ketones is 1. The summed E-state index contributed by atoms with van der Waals surface area (Å²) >= 11 is 0. The lowest BCUT2D eigenvalue weighted by molar-refractivity contribution is -0.159. The maximum absolute atomic E-state index is 14.8. The number of hydrogen-bond donors (Lipinski definition) is 1. The third kappa shape index (κ3) is 7.28. The van der Waals surface area contributed by atoms with Crippen molar-refractivity contribution in [2.75, 3.05) is 24.7 Å². The van der Waals surface area contributed by atoms with E-state index >= 15 is 0 Å². The molecule has 2 unspecified atom stereocenters. The summed E-state index contributed by atoms with van der Waals surface area (Å²) in [5, 5.41) is 8.86. The highest BCUT2D eigenvalue weighted by molar-refractivity contribution is 7.60. The highest BCUT2D eigenvalue weighted by atomic mass is 31.2. The van der Waals surface area contributed by atoms with Gasteiger partial charge in [-0.05, 0) is 67.1 Å². The summed E-state index contributed by atoms with van der Waals surface area (Å²) in [4.78, 5) is 44.4. The lowest BCUT2D eigenvalue weighted by Crippen LogP contribution is -2.51. The Kier molecular flexibility index (Phi) is 10.8. The number of alkyl halides is 2. The van der Waals surface area contributed by atoms with Gasteiger partial charge < -0.3 is 9.80 Å². The molecule has 0 bridgehead atoms. The van der Waals surface area contributed by atoms with Gasteiger partial charge in [0.2, 0.25) is 11.8 Å². The molecule has 244 valence electrons. The predicted octanol–water partition coefficient (Wildman–Crippen LogP) is 7.26. The molecule has 2 heterocycles. The molecule has 0 aliphatic carbocycles. The summed E-state index contributed by atoms with van der Waals surface area (Å²) in [6.45, 7) is 9.69. The van der Waals surface area contributed by atoms with Crippen LogP contribution in [0, 0.1) is 11.3 Å². The molecule has 0 aromatic heterocycles. The Morgan fingerprint density at radius 3 is 2.40 bits per heavy atom. The monoisotopic (exact) mass is 664 g/mol. The van der Waals surface area contributed by atoms with Crippen molar-refractivity contribution in [3.8, 4) is 0 Å². The number of benzene rings is 2. The number of carbonyl (C=O) groups excluding carboxylic acids is 3. The normalized spacial score (nSPS) is 19.6. The molecule has 2 aliphatic heterocycles. The first kappa shape index (κ1) is 35.1. The van der Waals surface area contributed by atoms with E-state index in [1.807, 2.05) is 45.0 Å². The topological polar surface area (TPSA) is 113 Å². The molecule has 2 aromatic carbocycles. The zero-order valence-electron chi connectivity index (χ0n) is 26.1. The van der Waals surface area contributed by atoms with Gasteiger partial charge in [-0.25, -0.2) is 5.26 Å². The number of fused-ring (bicyclic) bond motifs is 1. The van der Waals surface area contributed by atoms with E-state index in [1.165, 1.54) is 24.9 Å². The van der Waals surface area contributed by atoms with Crippen molar-refractivity contribution in [1.82, 2.24) is 4.90 Å². The van der Waals surface area contributed by atoms with Crippen molar-refractivity contribution in [2.45, 2.75) is 65.1 Å². The Hall–Kier alpha value is -2.81. The molecule has 1 N–H and O–H groups in total. The van der Waals surface area contributed by atoms with E-state index in [1.54, 1.807) is 16.7 Å². The Labute approximate surface area is 264 Å². The summed E-state index contributed by atoms with van der Waals surface area (Å²) in [6.07, 6.45) is 3.31. The molecule has 13 heteroatoms. The van der Waals surface area contributed by atoms with Gasteiger partial charge >= 0.3 is 13.3 Å². The van der Waals surface area contributed by atoms with E-state index < -0.39 is 45.0 Å². The smallest absolute Gasteiger partial charge is 0.330 e. The van der Waals surface area contributed by atoms with Gasteiger partial charge in [0.25, 0.3) is 0 Å². The second-order valence-electron chi connectivity index (χ2n) is 12.5. The average molecular weight is 665 g/mol. The van der Waals surface area contributed by atoms with Crippen LogP contribution in [0.1, 0.15) is 63.6 Å². The highest BCUT2D eigenvalue weighted by Gasteiger charge is 2.56. The van der Waals surface area contributed by atoms with Crippen molar-refractivity contribution in [3.05, 3.63) is 71.3 Å². The van der Waals surface area contributed by atoms with Crippen LogP contribution >= 0.6 is 16.4 Å². The molecule has 9 nitrogen and oxygen atoms in total. The molecule has 4 rings (SSSR count). The van der Waals surface area contributed by atoms with Crippen molar-refractivity contribution < 1.29 is 42.0 Å². The number of para-hydroxylation sites is 1. The molecule has 45 heavy (non-hydrogen) atoms. The van der Waals surface area contributed by atoms with Crippen LogP contribution < -0.4 is 4.90 Å². The van der Waals surface area contributed by atoms with Gasteiger partial charge in [0.1, 0.15) is 6.04 Å². The van der Waals surface area contributed by atoms with Crippen LogP contribution in [0.3, 0.4) is 0 Å². The van der Waals surface area contributed by atoms with E-state index in [4.69, 9.17) is 5.26 Å². The van der Waals surface area contributed by atoms with Gasteiger partial charge in [0.05, 0.1) is 5.92 Å². The van der Waals surface area contributed by atoms with Crippen LogP contribution in [0.25, 0.3) is 5.57 Å². The SMILES string of the molecule is CPOP(=O)(OO)C(F)(F)c1ccc(/C(C)=C/C(=O)C[C@H](C(=O)N2CCC[C@H]2C(=O)N2CCc3ccccc32)C(C)(C)C)cc1. The molecular weight excluding hydrogens is 624 g/mol. The number of carbonyl (C=O) groups is 3. The van der Waals surface area contributed by atoms with Gasteiger partial charge in [-0.3, -0.25) is 23.3 Å². The largest absolute Gasteiger partial charge is 0.433 e. The van der Waals surface area contributed by atoms with Crippen LogP contribution in [-0.4, -0.2) is 53.6 Å². The molecule has 2 aliphatic rings. The Morgan fingerprint density at radius 2 is 1.78 bits per heavy atom. The molecule has 2 amide bonds. The standard InChI is InChI=1S/C32H40F2N2O7P2/c1-21(22-12-14-24(15-13-22)32(33,34)45(41,42-40)43-44-5)19-25(37)20-26(31(2,3)4)29(38)35-17-8-11-28(35)30(39)36-18-16-23-9-6-7-10-27(23)36/h6-7,9-10,12-15,19,26,28,40,44H,8,11,16-18,20H2,1-5H3/b21-19+/t26-,28+,45?/m1/s1. The lowest BCUT2D eigenvalue weighted by atomic mass is 9.76. The van der Waals surface area contributed by atoms with Crippen LogP contribution in [0.5, 0.6) is 0 Å². The fraction of sp³-hybridized carbons (Fsp3) is 0.469. The third-order valence-electron chi connectivity index (χ3n) is 8.45. The van der Waals surface area contributed by atoms with Crippen molar-refractivity contribution in [3.63, 3.8) is 0 Å². The van der Waals surface area contributed by atoms with Gasteiger partial charge in [0.15, 0.2) is 5.78 Å². The maximum Gasteiger partial charge on any atom is 0.433 e. The van der Waals surface area contributed by atoms with Crippen LogP contribution in [-0.2, 0) is 40.0 Å². The van der Waals surface area contributed by atoms with Gasteiger partial charge in [0, 0.05) is 39.6 Å². The molecule has 4 atom stereocenters. The second kappa shape index (κ2) is 13.9. The zero-order chi connectivity index (χ0) is 33.2. The summed E-state index contributed by atoms with van der Waals surface area (Å²) in [7, 11) is -5.77. The summed E-state index contributed by atoms with van der Waals surface area (Å²) < 4.78 is 50.1. The summed E-state index contributed by atoms with van der Waals surface area (Å²) in [6, 6.07) is 11.9. The highest BCUT2D eigenvalue weighted by Crippen LogP contribution is 2.68. The molecule has 0 radical (unpaired) electrons. The van der Waals surface area contributed by atoms with Crippen LogP contribution in [0.4, 0.5) is 14.5 Å². The number of anilines is 1. The predicted molar refractivity (Wildman–Crippen MR) is 170 cm³/mol. The van der Waals surface area contributed by atoms with Gasteiger partial charge in [-0.2, -0.15) is 8.78 Å². The number of amides is 2. The minimum Gasteiger partial charge on any atom is -0.330 e. The minimum atomic E-state index is -5.16. The fourth-order valence-corrected chi connectivity index (χ4v) is 8.04. The first-order valence-corrected chi connectivity index (χ1v) is 17.8. The van der Waals surface area contributed by atoms with Crippen LogP contribution in [0.15, 0.2) is 54.6 Å². The molecule has 0 spiro atoms. The molecule has 0 saturated carbocycles. The minimum absolute atomic E-state index is 0.0913. The number of nitrogens with zero attached hydrogens (tertiary/aromatic N) is 2. The van der Waals surface area contributed by atoms with Gasteiger partial charge in [-0.1, -0.05) is 63.2 Å². The van der Waals surface area contributed by atoms with Crippen molar-refractivity contribution >= 4 is 45.3 Å². The van der Waals surface area contributed by atoms with Crippen molar-refractivity contribution in [2.24, 2.45) is 11.3 Å². The van der Waals surface area contributed by atoms with Crippen molar-refractivity contribution in [1.29, 1.82) is 0 Å². The first-order chi connectivity index (χ1) is 21.1. The van der Waals surface area contributed by atoms with E-state index in [-0.39, 0.29) is 24.0 Å². The quantitative estimate of drug-likeness (QED) is 0.116.